The minimum atomic E-state index is -0.409. The second kappa shape index (κ2) is 7.18. The largest absolute Gasteiger partial charge is 0.481 e. The van der Waals surface area contributed by atoms with Gasteiger partial charge in [0, 0.05) is 19.2 Å². The monoisotopic (exact) mass is 349 g/mol. The van der Waals surface area contributed by atoms with E-state index in [9.17, 15) is 9.59 Å². The second-order valence-corrected chi connectivity index (χ2v) is 6.67. The van der Waals surface area contributed by atoms with Gasteiger partial charge in [0.2, 0.25) is 11.8 Å². The number of hydrogen-bond donors (Lipinski definition) is 2. The lowest BCUT2D eigenvalue weighted by Crippen LogP contribution is -2.37. The zero-order valence-electron chi connectivity index (χ0n) is 13.3. The molecule has 0 radical (unpaired) electrons. The van der Waals surface area contributed by atoms with Crippen LogP contribution in [0.3, 0.4) is 0 Å². The van der Waals surface area contributed by atoms with Gasteiger partial charge in [0.25, 0.3) is 11.1 Å². The molecule has 128 valence electrons. The average Bonchev–Trinajstić information content (AvgIpc) is 2.91. The maximum atomic E-state index is 11.7. The number of ether oxygens (including phenoxy) is 1. The van der Waals surface area contributed by atoms with Crippen LogP contribution in [-0.2, 0) is 4.79 Å². The lowest BCUT2D eigenvalue weighted by Gasteiger charge is -2.31. The molecule has 0 atom stereocenters. The third-order valence-corrected chi connectivity index (χ3v) is 4.88. The highest BCUT2D eigenvalue weighted by molar-refractivity contribution is 8.18. The molecule has 24 heavy (non-hydrogen) atoms. The van der Waals surface area contributed by atoms with Gasteiger partial charge in [-0.2, -0.15) is 4.98 Å². The van der Waals surface area contributed by atoms with Crippen LogP contribution < -0.4 is 20.7 Å². The van der Waals surface area contributed by atoms with E-state index in [1.165, 1.54) is 7.11 Å². The van der Waals surface area contributed by atoms with Gasteiger partial charge in [-0.15, -0.1) is 0 Å². The van der Waals surface area contributed by atoms with Crippen LogP contribution in [0.4, 0.5) is 10.7 Å². The molecule has 0 unspecified atom stereocenters. The molecule has 0 saturated carbocycles. The number of carbonyl (C=O) groups excluding carboxylic acids is 2. The number of anilines is 1. The van der Waals surface area contributed by atoms with Crippen LogP contribution in [0.25, 0.3) is 6.08 Å². The van der Waals surface area contributed by atoms with E-state index in [4.69, 9.17) is 10.5 Å². The maximum absolute atomic E-state index is 11.7. The van der Waals surface area contributed by atoms with Gasteiger partial charge in [-0.05, 0) is 43.1 Å². The Balaban J connectivity index is 1.85. The van der Waals surface area contributed by atoms with Gasteiger partial charge < -0.3 is 15.4 Å². The molecule has 2 fully saturated rings. The first-order chi connectivity index (χ1) is 11.6. The van der Waals surface area contributed by atoms with Crippen molar-refractivity contribution in [3.63, 3.8) is 0 Å². The molecule has 1 aromatic rings. The smallest absolute Gasteiger partial charge is 0.290 e. The zero-order chi connectivity index (χ0) is 17.1. The zero-order valence-corrected chi connectivity index (χ0v) is 14.1. The van der Waals surface area contributed by atoms with Crippen LogP contribution in [0.2, 0.25) is 0 Å². The van der Waals surface area contributed by atoms with Crippen molar-refractivity contribution in [1.29, 1.82) is 0 Å². The number of thioether (sulfide) groups is 1. The maximum Gasteiger partial charge on any atom is 0.290 e. The molecular weight excluding hydrogens is 330 g/mol. The summed E-state index contributed by atoms with van der Waals surface area (Å²) in [6.45, 7) is 2.36. The van der Waals surface area contributed by atoms with Crippen molar-refractivity contribution >= 4 is 34.9 Å². The highest BCUT2D eigenvalue weighted by Crippen LogP contribution is 2.27. The Kier molecular flexibility index (Phi) is 5.00. The first-order valence-electron chi connectivity index (χ1n) is 7.72. The summed E-state index contributed by atoms with van der Waals surface area (Å²) in [5.41, 5.74) is 6.26. The summed E-state index contributed by atoms with van der Waals surface area (Å²) < 4.78 is 5.24. The van der Waals surface area contributed by atoms with Crippen LogP contribution in [0.5, 0.6) is 5.88 Å². The SMILES string of the molecule is COc1cc(/C=C2/SC(=O)NC2=O)nc(N2CCC(CN)CC2)n1. The molecule has 8 nitrogen and oxygen atoms in total. The predicted molar refractivity (Wildman–Crippen MR) is 91.7 cm³/mol. The van der Waals surface area contributed by atoms with Gasteiger partial charge in [-0.3, -0.25) is 14.9 Å². The molecule has 3 heterocycles. The third kappa shape index (κ3) is 3.68. The fourth-order valence-corrected chi connectivity index (χ4v) is 3.34. The lowest BCUT2D eigenvalue weighted by atomic mass is 9.97. The Morgan fingerprint density at radius 1 is 1.42 bits per heavy atom. The fourth-order valence-electron chi connectivity index (χ4n) is 2.67. The summed E-state index contributed by atoms with van der Waals surface area (Å²) >= 11 is 0.859. The van der Waals surface area contributed by atoms with Crippen molar-refractivity contribution in [2.45, 2.75) is 12.8 Å². The molecule has 0 aliphatic carbocycles. The van der Waals surface area contributed by atoms with Crippen LogP contribution in [0.1, 0.15) is 18.5 Å². The molecule has 2 saturated heterocycles. The summed E-state index contributed by atoms with van der Waals surface area (Å²) in [5, 5.41) is 1.85. The molecule has 3 N–H and O–H groups in total. The molecule has 2 aliphatic heterocycles. The number of amides is 2. The third-order valence-electron chi connectivity index (χ3n) is 4.07. The minimum Gasteiger partial charge on any atom is -0.481 e. The Morgan fingerprint density at radius 3 is 2.75 bits per heavy atom. The van der Waals surface area contributed by atoms with E-state index in [0.29, 0.717) is 34.9 Å². The highest BCUT2D eigenvalue weighted by Gasteiger charge is 2.26. The molecule has 0 bridgehead atoms. The molecule has 9 heteroatoms. The van der Waals surface area contributed by atoms with E-state index in [1.54, 1.807) is 12.1 Å². The van der Waals surface area contributed by atoms with Crippen LogP contribution in [-0.4, -0.2) is 47.9 Å². The number of methoxy groups -OCH3 is 1. The number of nitrogens with one attached hydrogen (secondary N) is 1. The number of imide groups is 1. The number of aromatic nitrogens is 2. The van der Waals surface area contributed by atoms with E-state index in [0.717, 1.165) is 37.7 Å². The van der Waals surface area contributed by atoms with E-state index >= 15 is 0 Å². The van der Waals surface area contributed by atoms with Crippen molar-refractivity contribution in [2.75, 3.05) is 31.6 Å². The predicted octanol–water partition coefficient (Wildman–Crippen LogP) is 0.984. The van der Waals surface area contributed by atoms with Gasteiger partial charge in [0.05, 0.1) is 17.7 Å². The number of hydrogen-bond acceptors (Lipinski definition) is 8. The van der Waals surface area contributed by atoms with Crippen molar-refractivity contribution in [3.8, 4) is 5.88 Å². The van der Waals surface area contributed by atoms with E-state index in [-0.39, 0.29) is 5.24 Å². The Hall–Kier alpha value is -2.13. The van der Waals surface area contributed by atoms with Gasteiger partial charge in [-0.1, -0.05) is 0 Å². The first-order valence-corrected chi connectivity index (χ1v) is 8.53. The van der Waals surface area contributed by atoms with E-state index in [2.05, 4.69) is 20.2 Å². The number of nitrogens with two attached hydrogens (primary N) is 1. The van der Waals surface area contributed by atoms with Gasteiger partial charge in [-0.25, -0.2) is 4.98 Å². The number of carbonyl (C=O) groups is 2. The Bertz CT molecular complexity index is 686. The topological polar surface area (TPSA) is 110 Å². The molecule has 2 amide bonds. The number of piperidine rings is 1. The van der Waals surface area contributed by atoms with Crippen molar-refractivity contribution in [2.24, 2.45) is 11.7 Å². The summed E-state index contributed by atoms with van der Waals surface area (Å²) in [7, 11) is 1.53. The summed E-state index contributed by atoms with van der Waals surface area (Å²) in [5.74, 6) is 1.11. The van der Waals surface area contributed by atoms with Crippen molar-refractivity contribution < 1.29 is 14.3 Å². The van der Waals surface area contributed by atoms with E-state index < -0.39 is 5.91 Å². The standard InChI is InChI=1S/C15H19N5O3S/c1-23-12-7-10(6-11-13(21)19-15(22)24-11)17-14(18-12)20-4-2-9(8-16)3-5-20/h6-7,9H,2-5,8,16H2,1H3,(H,19,21,22)/b11-6+. The highest BCUT2D eigenvalue weighted by atomic mass is 32.2. The molecule has 1 aromatic heterocycles. The molecule has 2 aliphatic rings. The summed E-state index contributed by atoms with van der Waals surface area (Å²) in [4.78, 5) is 34.2. The molecule has 0 aromatic carbocycles. The number of rotatable bonds is 4. The number of nitrogens with zero attached hydrogens (tertiary/aromatic N) is 3. The Labute approximate surface area is 143 Å². The molecule has 3 rings (SSSR count). The average molecular weight is 349 g/mol. The van der Waals surface area contributed by atoms with Crippen LogP contribution in [0.15, 0.2) is 11.0 Å². The van der Waals surface area contributed by atoms with Crippen molar-refractivity contribution in [1.82, 2.24) is 15.3 Å². The second-order valence-electron chi connectivity index (χ2n) is 5.65. The Morgan fingerprint density at radius 2 is 2.17 bits per heavy atom. The van der Waals surface area contributed by atoms with Gasteiger partial charge in [0.15, 0.2) is 0 Å². The van der Waals surface area contributed by atoms with Crippen LogP contribution >= 0.6 is 11.8 Å². The molecular formula is C15H19N5O3S. The lowest BCUT2D eigenvalue weighted by molar-refractivity contribution is -0.115. The van der Waals surface area contributed by atoms with Gasteiger partial charge in [0.1, 0.15) is 0 Å². The fraction of sp³-hybridized carbons (Fsp3) is 0.467. The van der Waals surface area contributed by atoms with Crippen molar-refractivity contribution in [3.05, 3.63) is 16.7 Å². The van der Waals surface area contributed by atoms with Crippen LogP contribution in [0, 0.1) is 5.92 Å². The summed E-state index contributed by atoms with van der Waals surface area (Å²) in [6, 6.07) is 1.64. The quantitative estimate of drug-likeness (QED) is 0.774. The molecule has 0 spiro atoms. The first kappa shape index (κ1) is 16.7. The van der Waals surface area contributed by atoms with Gasteiger partial charge >= 0.3 is 0 Å². The minimum absolute atomic E-state index is 0.313. The normalized spacial score (nSPS) is 20.6. The summed E-state index contributed by atoms with van der Waals surface area (Å²) in [6.07, 6.45) is 3.58. The van der Waals surface area contributed by atoms with E-state index in [1.807, 2.05) is 0 Å².